The van der Waals surface area contributed by atoms with Gasteiger partial charge in [0.25, 0.3) is 5.56 Å². The maximum Gasteiger partial charge on any atom is 0.263 e. The van der Waals surface area contributed by atoms with Gasteiger partial charge in [-0.1, -0.05) is 42.1 Å². The Labute approximate surface area is 194 Å². The zero-order valence-corrected chi connectivity index (χ0v) is 19.6. The van der Waals surface area contributed by atoms with Gasteiger partial charge in [-0.05, 0) is 43.7 Å². The average Bonchev–Trinajstić information content (AvgIpc) is 3.23. The zero-order chi connectivity index (χ0) is 22.7. The highest BCUT2D eigenvalue weighted by Crippen LogP contribution is 2.32. The van der Waals surface area contributed by atoms with Crippen LogP contribution in [0.2, 0.25) is 0 Å². The summed E-state index contributed by atoms with van der Waals surface area (Å²) < 4.78 is 6.81. The van der Waals surface area contributed by atoms with Gasteiger partial charge in [0, 0.05) is 22.7 Å². The second kappa shape index (κ2) is 9.58. The number of thiophene rings is 1. The summed E-state index contributed by atoms with van der Waals surface area (Å²) >= 11 is 2.71. The minimum absolute atomic E-state index is 0.0804. The highest BCUT2D eigenvalue weighted by molar-refractivity contribution is 7.99. The van der Waals surface area contributed by atoms with E-state index in [9.17, 15) is 9.59 Å². The molecule has 1 amide bonds. The molecule has 1 N–H and O–H groups in total. The summed E-state index contributed by atoms with van der Waals surface area (Å²) in [4.78, 5) is 31.4. The normalized spacial score (nSPS) is 11.1. The summed E-state index contributed by atoms with van der Waals surface area (Å²) in [6.07, 6.45) is 0. The molecule has 0 spiro atoms. The first-order valence-corrected chi connectivity index (χ1v) is 12.0. The van der Waals surface area contributed by atoms with Crippen LogP contribution in [0, 0.1) is 0 Å². The van der Waals surface area contributed by atoms with E-state index in [1.165, 1.54) is 23.1 Å². The van der Waals surface area contributed by atoms with Crippen LogP contribution in [0.15, 0.2) is 69.9 Å². The lowest BCUT2D eigenvalue weighted by Gasteiger charge is -2.15. The number of hydrogen-bond acceptors (Lipinski definition) is 6. The quantitative estimate of drug-likeness (QED) is 0.290. The first-order valence-electron chi connectivity index (χ1n) is 10.1. The fourth-order valence-corrected chi connectivity index (χ4v) is 5.29. The highest BCUT2D eigenvalue weighted by atomic mass is 32.2. The SMILES string of the molecule is COc1ccc(NC(=O)CSc2nc3scc(-c4ccccc4)c3c(=O)n2C(C)C)cc1. The van der Waals surface area contributed by atoms with Crippen LogP contribution < -0.4 is 15.6 Å². The Morgan fingerprint density at radius 3 is 2.53 bits per heavy atom. The third kappa shape index (κ3) is 4.56. The van der Waals surface area contributed by atoms with Crippen molar-refractivity contribution in [1.29, 1.82) is 0 Å². The summed E-state index contributed by atoms with van der Waals surface area (Å²) in [6, 6.07) is 16.9. The van der Waals surface area contributed by atoms with Crippen LogP contribution in [-0.2, 0) is 4.79 Å². The maximum atomic E-state index is 13.4. The van der Waals surface area contributed by atoms with E-state index < -0.39 is 0 Å². The molecule has 0 aliphatic carbocycles. The molecule has 0 fully saturated rings. The number of aromatic nitrogens is 2. The van der Waals surface area contributed by atoms with Crippen LogP contribution in [-0.4, -0.2) is 28.3 Å². The topological polar surface area (TPSA) is 73.2 Å². The van der Waals surface area contributed by atoms with Crippen molar-refractivity contribution in [2.45, 2.75) is 25.0 Å². The van der Waals surface area contributed by atoms with Gasteiger partial charge in [0.15, 0.2) is 5.16 Å². The van der Waals surface area contributed by atoms with E-state index in [1.807, 2.05) is 49.6 Å². The van der Waals surface area contributed by atoms with Crippen molar-refractivity contribution < 1.29 is 9.53 Å². The predicted octanol–water partition coefficient (Wildman–Crippen LogP) is 5.45. The Kier molecular flexibility index (Phi) is 6.62. The van der Waals surface area contributed by atoms with Crippen LogP contribution in [0.5, 0.6) is 5.75 Å². The molecule has 0 atom stereocenters. The van der Waals surface area contributed by atoms with Crippen molar-refractivity contribution in [2.75, 3.05) is 18.2 Å². The van der Waals surface area contributed by atoms with Crippen LogP contribution in [0.4, 0.5) is 5.69 Å². The van der Waals surface area contributed by atoms with Crippen LogP contribution >= 0.6 is 23.1 Å². The molecular weight excluding hydrogens is 442 g/mol. The lowest BCUT2D eigenvalue weighted by molar-refractivity contribution is -0.113. The monoisotopic (exact) mass is 465 g/mol. The summed E-state index contributed by atoms with van der Waals surface area (Å²) in [5, 5.41) is 6.01. The van der Waals surface area contributed by atoms with Gasteiger partial charge in [0.2, 0.25) is 5.91 Å². The Hall–Kier alpha value is -3.10. The highest BCUT2D eigenvalue weighted by Gasteiger charge is 2.19. The minimum atomic E-state index is -0.166. The van der Waals surface area contributed by atoms with Crippen molar-refractivity contribution in [2.24, 2.45) is 0 Å². The Balaban J connectivity index is 1.60. The molecule has 6 nitrogen and oxygen atoms in total. The van der Waals surface area contributed by atoms with Crippen molar-refractivity contribution in [3.63, 3.8) is 0 Å². The van der Waals surface area contributed by atoms with Crippen molar-refractivity contribution in [3.8, 4) is 16.9 Å². The van der Waals surface area contributed by atoms with Gasteiger partial charge in [-0.2, -0.15) is 0 Å². The Bertz CT molecular complexity index is 1300. The zero-order valence-electron chi connectivity index (χ0n) is 18.0. The average molecular weight is 466 g/mol. The standard InChI is InChI=1S/C24H23N3O3S2/c1-15(2)27-23(29)21-19(16-7-5-4-6-8-16)13-31-22(21)26-24(27)32-14-20(28)25-17-9-11-18(30-3)12-10-17/h4-13,15H,14H2,1-3H3,(H,25,28). The van der Waals surface area contributed by atoms with E-state index in [0.717, 1.165) is 16.9 Å². The molecule has 4 aromatic rings. The van der Waals surface area contributed by atoms with E-state index in [1.54, 1.807) is 35.9 Å². The number of nitrogens with zero attached hydrogens (tertiary/aromatic N) is 2. The van der Waals surface area contributed by atoms with Gasteiger partial charge < -0.3 is 10.1 Å². The second-order valence-corrected chi connectivity index (χ2v) is 9.22. The van der Waals surface area contributed by atoms with E-state index >= 15 is 0 Å². The molecule has 0 bridgehead atoms. The van der Waals surface area contributed by atoms with Crippen LogP contribution in [0.1, 0.15) is 19.9 Å². The van der Waals surface area contributed by atoms with Gasteiger partial charge in [-0.25, -0.2) is 4.98 Å². The summed E-state index contributed by atoms with van der Waals surface area (Å²) in [7, 11) is 1.60. The summed E-state index contributed by atoms with van der Waals surface area (Å²) in [5.74, 6) is 0.704. The Morgan fingerprint density at radius 1 is 1.16 bits per heavy atom. The number of ether oxygens (including phenoxy) is 1. The number of anilines is 1. The molecule has 0 unspecified atom stereocenters. The molecule has 0 saturated carbocycles. The number of carbonyl (C=O) groups is 1. The smallest absolute Gasteiger partial charge is 0.263 e. The molecule has 0 aliphatic heterocycles. The molecule has 32 heavy (non-hydrogen) atoms. The van der Waals surface area contributed by atoms with Gasteiger partial charge in [0.1, 0.15) is 10.6 Å². The van der Waals surface area contributed by atoms with Gasteiger partial charge >= 0.3 is 0 Å². The lowest BCUT2D eigenvalue weighted by Crippen LogP contribution is -2.25. The number of hydrogen-bond donors (Lipinski definition) is 1. The van der Waals surface area contributed by atoms with Crippen LogP contribution in [0.25, 0.3) is 21.3 Å². The van der Waals surface area contributed by atoms with Crippen molar-refractivity contribution in [1.82, 2.24) is 9.55 Å². The Morgan fingerprint density at radius 2 is 1.88 bits per heavy atom. The third-order valence-corrected chi connectivity index (χ3v) is 6.74. The minimum Gasteiger partial charge on any atom is -0.497 e. The third-order valence-electron chi connectivity index (χ3n) is 4.91. The number of thioether (sulfide) groups is 1. The molecule has 0 saturated heterocycles. The van der Waals surface area contributed by atoms with Gasteiger partial charge in [-0.15, -0.1) is 11.3 Å². The van der Waals surface area contributed by atoms with E-state index in [0.29, 0.717) is 21.1 Å². The molecule has 164 valence electrons. The number of benzene rings is 2. The molecule has 2 aromatic carbocycles. The van der Waals surface area contributed by atoms with Crippen molar-refractivity contribution >= 4 is 44.9 Å². The number of nitrogens with one attached hydrogen (secondary N) is 1. The first kappa shape index (κ1) is 22.1. The fourth-order valence-electron chi connectivity index (χ4n) is 3.37. The van der Waals surface area contributed by atoms with Crippen LogP contribution in [0.3, 0.4) is 0 Å². The van der Waals surface area contributed by atoms with E-state index in [2.05, 4.69) is 5.32 Å². The summed E-state index contributed by atoms with van der Waals surface area (Å²) in [6.45, 7) is 3.90. The summed E-state index contributed by atoms with van der Waals surface area (Å²) in [5.41, 5.74) is 2.49. The molecule has 4 rings (SSSR count). The van der Waals surface area contributed by atoms with Gasteiger partial charge in [-0.3, -0.25) is 14.2 Å². The number of rotatable bonds is 7. The largest absolute Gasteiger partial charge is 0.497 e. The first-order chi connectivity index (χ1) is 15.5. The lowest BCUT2D eigenvalue weighted by atomic mass is 10.1. The molecule has 0 aliphatic rings. The molecule has 8 heteroatoms. The molecular formula is C24H23N3O3S2. The van der Waals surface area contributed by atoms with E-state index in [4.69, 9.17) is 9.72 Å². The van der Waals surface area contributed by atoms with Crippen molar-refractivity contribution in [3.05, 3.63) is 70.3 Å². The number of carbonyl (C=O) groups excluding carboxylic acids is 1. The molecule has 2 aromatic heterocycles. The molecule has 2 heterocycles. The number of amides is 1. The number of methoxy groups -OCH3 is 1. The maximum absolute atomic E-state index is 13.4. The number of fused-ring (bicyclic) bond motifs is 1. The van der Waals surface area contributed by atoms with E-state index in [-0.39, 0.29) is 23.3 Å². The second-order valence-electron chi connectivity index (χ2n) is 7.42. The fraction of sp³-hybridized carbons (Fsp3) is 0.208. The predicted molar refractivity (Wildman–Crippen MR) is 132 cm³/mol. The molecule has 0 radical (unpaired) electrons. The van der Waals surface area contributed by atoms with Gasteiger partial charge in [0.05, 0.1) is 18.2 Å².